The summed E-state index contributed by atoms with van der Waals surface area (Å²) in [7, 11) is 0. The Labute approximate surface area is 216 Å². The van der Waals surface area contributed by atoms with Gasteiger partial charge in [0.15, 0.2) is 0 Å². The predicted molar refractivity (Wildman–Crippen MR) is 137 cm³/mol. The first-order valence-electron chi connectivity index (χ1n) is 11.4. The van der Waals surface area contributed by atoms with Crippen molar-refractivity contribution in [1.29, 1.82) is 0 Å². The summed E-state index contributed by atoms with van der Waals surface area (Å²) in [5.41, 5.74) is 2.50. The Morgan fingerprint density at radius 2 is 1.57 bits per heavy atom. The zero-order valence-corrected chi connectivity index (χ0v) is 20.5. The third kappa shape index (κ3) is 7.11. The van der Waals surface area contributed by atoms with Gasteiger partial charge in [0.1, 0.15) is 25.9 Å². The molecule has 2 amide bonds. The quantitative estimate of drug-likeness (QED) is 0.297. The van der Waals surface area contributed by atoms with E-state index in [4.69, 9.17) is 9.47 Å². The van der Waals surface area contributed by atoms with Gasteiger partial charge in [0, 0.05) is 18.3 Å². The fraction of sp³-hybridized carbons (Fsp3) is 0.185. The molecule has 0 aliphatic rings. The van der Waals surface area contributed by atoms with Crippen LogP contribution in [0.3, 0.4) is 0 Å². The van der Waals surface area contributed by atoms with Crippen molar-refractivity contribution in [1.82, 2.24) is 15.6 Å². The number of amides is 2. The van der Waals surface area contributed by atoms with Crippen LogP contribution in [0.4, 0.5) is 9.18 Å². The lowest BCUT2D eigenvalue weighted by molar-refractivity contribution is -0.147. The lowest BCUT2D eigenvalue weighted by Crippen LogP contribution is -2.49. The first-order chi connectivity index (χ1) is 18.0. The minimum Gasteiger partial charge on any atom is -0.459 e. The monoisotopic (exact) mass is 521 g/mol. The summed E-state index contributed by atoms with van der Waals surface area (Å²) >= 11 is 1.10. The van der Waals surface area contributed by atoms with E-state index in [1.807, 2.05) is 36.4 Å². The van der Waals surface area contributed by atoms with Gasteiger partial charge in [-0.3, -0.25) is 9.78 Å². The predicted octanol–water partition coefficient (Wildman–Crippen LogP) is 4.53. The number of aromatic nitrogens is 1. The topological polar surface area (TPSA) is 107 Å². The summed E-state index contributed by atoms with van der Waals surface area (Å²) in [4.78, 5) is 42.5. The van der Waals surface area contributed by atoms with Crippen LogP contribution in [0.15, 0.2) is 79.0 Å². The summed E-state index contributed by atoms with van der Waals surface area (Å²) in [5.74, 6) is -1.23. The molecule has 2 N–H and O–H groups in total. The minimum absolute atomic E-state index is 0.00114. The Balaban J connectivity index is 1.40. The third-order valence-corrected chi connectivity index (χ3v) is 6.54. The van der Waals surface area contributed by atoms with Crippen LogP contribution in [0.5, 0.6) is 0 Å². The number of rotatable bonds is 10. The number of hydrogen-bond acceptors (Lipinski definition) is 7. The molecule has 8 nitrogen and oxygen atoms in total. The van der Waals surface area contributed by atoms with Gasteiger partial charge in [-0.1, -0.05) is 60.7 Å². The van der Waals surface area contributed by atoms with Crippen LogP contribution in [-0.2, 0) is 34.2 Å². The molecule has 0 aliphatic heterocycles. The number of alkyl carbamates (subject to hydrolysis) is 1. The van der Waals surface area contributed by atoms with E-state index < -0.39 is 30.7 Å². The van der Waals surface area contributed by atoms with Crippen LogP contribution >= 0.6 is 11.3 Å². The number of thiophene rings is 1. The Bertz CT molecular complexity index is 1360. The lowest BCUT2D eigenvalue weighted by atomic mass is 10.2. The number of alkyl halides is 1. The van der Waals surface area contributed by atoms with Gasteiger partial charge in [-0.25, -0.2) is 14.0 Å². The van der Waals surface area contributed by atoms with Crippen LogP contribution < -0.4 is 10.6 Å². The number of halogens is 1. The average molecular weight is 522 g/mol. The standard InChI is InChI=1S/C27H24FN3O5S/c28-14-20-11-12-29-21-13-23(37-24(20)21)25(32)30-15-22(26(33)35-16-18-7-3-1-4-8-18)31-27(34)36-17-19-9-5-2-6-10-19/h1-13,22H,14-17H2,(H,30,32)(H,31,34). The van der Waals surface area contributed by atoms with E-state index in [9.17, 15) is 18.8 Å². The summed E-state index contributed by atoms with van der Waals surface area (Å²) in [5, 5.41) is 5.10. The number of ether oxygens (including phenoxy) is 2. The normalized spacial score (nSPS) is 11.5. The number of benzene rings is 2. The second-order valence-electron chi connectivity index (χ2n) is 7.99. The number of nitrogens with one attached hydrogen (secondary N) is 2. The fourth-order valence-electron chi connectivity index (χ4n) is 3.42. The van der Waals surface area contributed by atoms with Crippen molar-refractivity contribution >= 4 is 39.5 Å². The fourth-order valence-corrected chi connectivity index (χ4v) is 4.44. The van der Waals surface area contributed by atoms with Crippen LogP contribution in [-0.4, -0.2) is 35.5 Å². The molecule has 0 saturated carbocycles. The summed E-state index contributed by atoms with van der Waals surface area (Å²) in [6, 6.07) is 20.0. The second kappa shape index (κ2) is 12.6. The van der Waals surface area contributed by atoms with Crippen molar-refractivity contribution in [3.8, 4) is 0 Å². The molecular formula is C27H24FN3O5S. The van der Waals surface area contributed by atoms with Gasteiger partial charge in [-0.2, -0.15) is 0 Å². The molecule has 37 heavy (non-hydrogen) atoms. The zero-order chi connectivity index (χ0) is 26.0. The molecule has 1 unspecified atom stereocenters. The van der Waals surface area contributed by atoms with Crippen LogP contribution in [0, 0.1) is 0 Å². The maximum Gasteiger partial charge on any atom is 0.408 e. The molecule has 0 saturated heterocycles. The summed E-state index contributed by atoms with van der Waals surface area (Å²) in [6.45, 7) is -0.912. The number of fused-ring (bicyclic) bond motifs is 1. The number of pyridine rings is 1. The average Bonchev–Trinajstić information content (AvgIpc) is 3.38. The van der Waals surface area contributed by atoms with E-state index in [2.05, 4.69) is 15.6 Å². The highest BCUT2D eigenvalue weighted by Gasteiger charge is 2.25. The van der Waals surface area contributed by atoms with Crippen LogP contribution in [0.25, 0.3) is 10.2 Å². The van der Waals surface area contributed by atoms with Crippen molar-refractivity contribution in [2.45, 2.75) is 25.9 Å². The molecule has 4 rings (SSSR count). The highest BCUT2D eigenvalue weighted by molar-refractivity contribution is 7.21. The van der Waals surface area contributed by atoms with Crippen molar-refractivity contribution in [3.63, 3.8) is 0 Å². The molecule has 0 spiro atoms. The highest BCUT2D eigenvalue weighted by Crippen LogP contribution is 2.27. The van der Waals surface area contributed by atoms with Crippen LogP contribution in [0.1, 0.15) is 26.4 Å². The molecule has 0 radical (unpaired) electrons. The van der Waals surface area contributed by atoms with E-state index in [1.165, 1.54) is 6.20 Å². The Hall–Kier alpha value is -4.31. The molecule has 4 aromatic rings. The summed E-state index contributed by atoms with van der Waals surface area (Å²) in [6.07, 6.45) is 0.647. The van der Waals surface area contributed by atoms with Gasteiger partial charge in [0.05, 0.1) is 15.1 Å². The van der Waals surface area contributed by atoms with E-state index in [0.29, 0.717) is 20.7 Å². The Morgan fingerprint density at radius 3 is 2.22 bits per heavy atom. The van der Waals surface area contributed by atoms with E-state index in [1.54, 1.807) is 36.4 Å². The third-order valence-electron chi connectivity index (χ3n) is 5.34. The molecule has 2 heterocycles. The number of carbonyl (C=O) groups is 3. The largest absolute Gasteiger partial charge is 0.459 e. The van der Waals surface area contributed by atoms with Crippen molar-refractivity contribution < 1.29 is 28.2 Å². The van der Waals surface area contributed by atoms with E-state index >= 15 is 0 Å². The molecular weight excluding hydrogens is 497 g/mol. The van der Waals surface area contributed by atoms with E-state index in [-0.39, 0.29) is 19.8 Å². The maximum absolute atomic E-state index is 13.3. The number of esters is 1. The molecule has 190 valence electrons. The Morgan fingerprint density at radius 1 is 0.919 bits per heavy atom. The van der Waals surface area contributed by atoms with Gasteiger partial charge in [0.25, 0.3) is 5.91 Å². The minimum atomic E-state index is -1.20. The molecule has 0 fully saturated rings. The first-order valence-corrected chi connectivity index (χ1v) is 12.2. The van der Waals surface area contributed by atoms with Gasteiger partial charge in [-0.15, -0.1) is 11.3 Å². The summed E-state index contributed by atoms with van der Waals surface area (Å²) < 4.78 is 24.4. The van der Waals surface area contributed by atoms with Gasteiger partial charge in [-0.05, 0) is 23.3 Å². The van der Waals surface area contributed by atoms with Gasteiger partial charge >= 0.3 is 12.1 Å². The number of hydrogen-bond donors (Lipinski definition) is 2. The van der Waals surface area contributed by atoms with Crippen LogP contribution in [0.2, 0.25) is 0 Å². The molecule has 0 bridgehead atoms. The molecule has 10 heteroatoms. The molecule has 2 aromatic carbocycles. The SMILES string of the molecule is O=C(NC(CNC(=O)c1cc2nccc(CF)c2s1)C(=O)OCc1ccccc1)OCc1ccccc1. The zero-order valence-electron chi connectivity index (χ0n) is 19.7. The second-order valence-corrected chi connectivity index (χ2v) is 9.04. The van der Waals surface area contributed by atoms with Crippen molar-refractivity contribution in [2.24, 2.45) is 0 Å². The van der Waals surface area contributed by atoms with Gasteiger partial charge in [0.2, 0.25) is 0 Å². The number of nitrogens with zero attached hydrogens (tertiary/aromatic N) is 1. The lowest BCUT2D eigenvalue weighted by Gasteiger charge is -2.18. The van der Waals surface area contributed by atoms with E-state index in [0.717, 1.165) is 22.5 Å². The highest BCUT2D eigenvalue weighted by atomic mass is 32.1. The van der Waals surface area contributed by atoms with Crippen molar-refractivity contribution in [2.75, 3.05) is 6.54 Å². The first kappa shape index (κ1) is 25.8. The molecule has 1 atom stereocenters. The van der Waals surface area contributed by atoms with Crippen molar-refractivity contribution in [3.05, 3.63) is 101 Å². The van der Waals surface area contributed by atoms with Gasteiger partial charge < -0.3 is 20.1 Å². The Kier molecular flexibility index (Phi) is 8.77. The molecule has 0 aliphatic carbocycles. The maximum atomic E-state index is 13.3. The smallest absolute Gasteiger partial charge is 0.408 e. The molecule has 2 aromatic heterocycles. The number of carbonyl (C=O) groups excluding carboxylic acids is 3.